The summed E-state index contributed by atoms with van der Waals surface area (Å²) in [6.45, 7) is 0. The van der Waals surface area contributed by atoms with Crippen LogP contribution in [-0.4, -0.2) is 0 Å². The molecule has 0 N–H and O–H groups in total. The smallest absolute Gasteiger partial charge is 0.103 e. The van der Waals surface area contributed by atoms with Gasteiger partial charge in [0.25, 0.3) is 0 Å². The van der Waals surface area contributed by atoms with Crippen molar-refractivity contribution in [3.63, 3.8) is 0 Å². The van der Waals surface area contributed by atoms with Crippen LogP contribution >= 0.6 is 35.3 Å². The Morgan fingerprint density at radius 1 is 0.346 bits per heavy atom. The third kappa shape index (κ3) is 4.81. The molecule has 7 aromatic carbocycles. The highest BCUT2D eigenvalue weighted by molar-refractivity contribution is 8.00. The van der Waals surface area contributed by atoms with Crippen molar-refractivity contribution in [3.05, 3.63) is 163 Å². The molecule has 0 spiro atoms. The molecule has 244 valence electrons. The lowest BCUT2D eigenvalue weighted by molar-refractivity contribution is 1.12. The zero-order valence-electron chi connectivity index (χ0n) is 27.4. The van der Waals surface area contributed by atoms with Crippen molar-refractivity contribution >= 4 is 86.5 Å². The van der Waals surface area contributed by atoms with Crippen LogP contribution in [0.25, 0.3) is 0 Å². The van der Waals surface area contributed by atoms with Gasteiger partial charge in [-0.1, -0.05) is 89.9 Å². The van der Waals surface area contributed by atoms with Crippen molar-refractivity contribution in [1.82, 2.24) is 0 Å². The summed E-state index contributed by atoms with van der Waals surface area (Å²) in [4.78, 5) is 13.8. The van der Waals surface area contributed by atoms with Crippen molar-refractivity contribution in [2.75, 3.05) is 14.7 Å². The lowest BCUT2D eigenvalue weighted by atomic mass is 10.0. The van der Waals surface area contributed by atoms with Gasteiger partial charge in [-0.25, -0.2) is 0 Å². The average Bonchev–Trinajstić information content (AvgIpc) is 3.20. The quantitative estimate of drug-likeness (QED) is 0.179. The minimum atomic E-state index is 0.354. The number of fused-ring (bicyclic) bond motifs is 6. The number of rotatable bonds is 3. The summed E-state index contributed by atoms with van der Waals surface area (Å²) < 4.78 is 0. The van der Waals surface area contributed by atoms with E-state index in [9.17, 15) is 10.5 Å². The predicted octanol–water partition coefficient (Wildman–Crippen LogP) is 13.2. The van der Waals surface area contributed by atoms with E-state index in [-0.39, 0.29) is 0 Å². The van der Waals surface area contributed by atoms with E-state index in [4.69, 9.17) is 0 Å². The summed E-state index contributed by atoms with van der Waals surface area (Å²) in [6, 6.07) is 57.4. The molecule has 0 bridgehead atoms. The Morgan fingerprint density at radius 3 is 1.15 bits per heavy atom. The minimum Gasteiger partial charge on any atom is -0.308 e. The van der Waals surface area contributed by atoms with E-state index in [0.29, 0.717) is 16.8 Å². The summed E-state index contributed by atoms with van der Waals surface area (Å²) in [5, 5.41) is 20.4. The first-order chi connectivity index (χ1) is 25.7. The van der Waals surface area contributed by atoms with Crippen LogP contribution in [0.4, 0.5) is 51.2 Å². The molecule has 0 radical (unpaired) electrons. The molecule has 52 heavy (non-hydrogen) atoms. The van der Waals surface area contributed by atoms with Gasteiger partial charge in [0.2, 0.25) is 0 Å². The van der Waals surface area contributed by atoms with Crippen LogP contribution in [0.5, 0.6) is 0 Å². The summed E-state index contributed by atoms with van der Waals surface area (Å²) >= 11 is 5.32. The molecule has 3 heterocycles. The van der Waals surface area contributed by atoms with Gasteiger partial charge in [-0.05, 0) is 97.1 Å². The van der Waals surface area contributed by atoms with Crippen molar-refractivity contribution in [3.8, 4) is 12.1 Å². The summed E-state index contributed by atoms with van der Waals surface area (Å²) in [7, 11) is 0. The van der Waals surface area contributed by atoms with Gasteiger partial charge in [-0.3, -0.25) is 0 Å². The SMILES string of the molecule is N#Cc1cccc(N2c3ccc(N4c5ccccc5Sc5ccccc54)cc3Sc3cc(N4c5ccccc5Sc5ccccc54)ccc32)c1C#N. The fraction of sp³-hybridized carbons (Fsp3) is 0. The van der Waals surface area contributed by atoms with E-state index >= 15 is 0 Å². The van der Waals surface area contributed by atoms with Gasteiger partial charge in [0.15, 0.2) is 0 Å². The van der Waals surface area contributed by atoms with Gasteiger partial charge in [-0.15, -0.1) is 0 Å². The lowest BCUT2D eigenvalue weighted by Gasteiger charge is -2.37. The molecule has 0 aromatic heterocycles. The fourth-order valence-corrected chi connectivity index (χ4v) is 10.5. The van der Waals surface area contributed by atoms with Gasteiger partial charge in [0.1, 0.15) is 12.1 Å². The largest absolute Gasteiger partial charge is 0.308 e. The van der Waals surface area contributed by atoms with Gasteiger partial charge < -0.3 is 14.7 Å². The zero-order valence-corrected chi connectivity index (χ0v) is 29.8. The number of nitriles is 2. The zero-order chi connectivity index (χ0) is 34.8. The van der Waals surface area contributed by atoms with Crippen LogP contribution in [0.3, 0.4) is 0 Å². The van der Waals surface area contributed by atoms with Gasteiger partial charge >= 0.3 is 0 Å². The normalized spacial score (nSPS) is 13.4. The van der Waals surface area contributed by atoms with Crippen molar-refractivity contribution < 1.29 is 0 Å². The molecule has 0 atom stereocenters. The summed E-state index contributed by atoms with van der Waals surface area (Å²) in [6.07, 6.45) is 0. The molecule has 0 fully saturated rings. The number of hydrogen-bond acceptors (Lipinski definition) is 8. The Kier molecular flexibility index (Phi) is 7.30. The van der Waals surface area contributed by atoms with E-state index in [0.717, 1.165) is 55.3 Å². The Bertz CT molecular complexity index is 2460. The first-order valence-corrected chi connectivity index (χ1v) is 19.2. The first-order valence-electron chi connectivity index (χ1n) is 16.7. The Hall–Kier alpha value is -6.03. The molecule has 0 unspecified atom stereocenters. The van der Waals surface area contributed by atoms with Gasteiger partial charge in [0, 0.05) is 40.7 Å². The maximum Gasteiger partial charge on any atom is 0.103 e. The number of anilines is 9. The third-order valence-corrected chi connectivity index (χ3v) is 12.8. The molecule has 5 nitrogen and oxygen atoms in total. The fourth-order valence-electron chi connectivity index (χ4n) is 7.23. The van der Waals surface area contributed by atoms with E-state index < -0.39 is 0 Å². The molecule has 0 amide bonds. The number of para-hydroxylation sites is 4. The third-order valence-electron chi connectivity index (χ3n) is 9.48. The molecule has 8 heteroatoms. The van der Waals surface area contributed by atoms with Crippen molar-refractivity contribution in [2.24, 2.45) is 0 Å². The summed E-state index contributed by atoms with van der Waals surface area (Å²) in [5.41, 5.74) is 9.96. The second kappa shape index (κ2) is 12.3. The van der Waals surface area contributed by atoms with Crippen molar-refractivity contribution in [1.29, 1.82) is 10.5 Å². The second-order valence-corrected chi connectivity index (χ2v) is 15.7. The van der Waals surface area contributed by atoms with Crippen LogP contribution < -0.4 is 14.7 Å². The standard InChI is InChI=1S/C44H25N5S3/c45-26-28-10-9-15-32(31(28)27-46)49-37-22-20-29(47-33-11-1-5-16-39(33)50-40-17-6-2-12-34(40)47)24-43(37)52-44-25-30(21-23-38(44)49)48-35-13-3-7-18-41(35)51-42-19-8-4-14-36(42)48/h1-25H. The maximum absolute atomic E-state index is 10.4. The molecule has 3 aliphatic rings. The van der Waals surface area contributed by atoms with Crippen LogP contribution in [0.2, 0.25) is 0 Å². The van der Waals surface area contributed by atoms with Gasteiger partial charge in [-0.2, -0.15) is 10.5 Å². The molecule has 10 rings (SSSR count). The number of benzene rings is 7. The molecular weight excluding hydrogens is 695 g/mol. The summed E-state index contributed by atoms with van der Waals surface area (Å²) in [5.74, 6) is 0. The first kappa shape index (κ1) is 30.8. The topological polar surface area (TPSA) is 57.3 Å². The number of hydrogen-bond donors (Lipinski definition) is 0. The van der Waals surface area contributed by atoms with Crippen LogP contribution in [0.1, 0.15) is 11.1 Å². The molecule has 0 saturated heterocycles. The Morgan fingerprint density at radius 2 is 0.731 bits per heavy atom. The van der Waals surface area contributed by atoms with E-state index in [1.807, 2.05) is 12.1 Å². The van der Waals surface area contributed by atoms with Crippen molar-refractivity contribution in [2.45, 2.75) is 29.4 Å². The lowest BCUT2D eigenvalue weighted by Crippen LogP contribution is -2.19. The van der Waals surface area contributed by atoms with E-state index in [1.165, 1.54) is 19.6 Å². The van der Waals surface area contributed by atoms with Crippen LogP contribution in [0.15, 0.2) is 181 Å². The van der Waals surface area contributed by atoms with Crippen LogP contribution in [0, 0.1) is 22.7 Å². The van der Waals surface area contributed by atoms with Crippen LogP contribution in [-0.2, 0) is 0 Å². The molecule has 7 aromatic rings. The molecular formula is C44H25N5S3. The van der Waals surface area contributed by atoms with Gasteiger partial charge in [0.05, 0.1) is 50.9 Å². The predicted molar refractivity (Wildman–Crippen MR) is 212 cm³/mol. The monoisotopic (exact) mass is 719 g/mol. The van der Waals surface area contributed by atoms with E-state index in [1.54, 1.807) is 41.4 Å². The highest BCUT2D eigenvalue weighted by atomic mass is 32.2. The highest BCUT2D eigenvalue weighted by Crippen LogP contribution is 2.58. The Balaban J connectivity index is 1.17. The van der Waals surface area contributed by atoms with E-state index in [2.05, 4.69) is 160 Å². The highest BCUT2D eigenvalue weighted by Gasteiger charge is 2.32. The Labute approximate surface area is 314 Å². The molecule has 0 saturated carbocycles. The number of nitrogens with zero attached hydrogens (tertiary/aromatic N) is 5. The average molecular weight is 720 g/mol. The maximum atomic E-state index is 10.4. The molecule has 3 aliphatic heterocycles. The second-order valence-electron chi connectivity index (χ2n) is 12.4. The minimum absolute atomic E-state index is 0.354. The molecule has 0 aliphatic carbocycles.